The smallest absolute Gasteiger partial charge is 0.417 e. The van der Waals surface area contributed by atoms with Crippen LogP contribution in [0.1, 0.15) is 61.8 Å². The Labute approximate surface area is 276 Å². The Kier molecular flexibility index (Phi) is 13.8. The van der Waals surface area contributed by atoms with Crippen molar-refractivity contribution in [2.24, 2.45) is 0 Å². The zero-order chi connectivity index (χ0) is 35.7. The van der Waals surface area contributed by atoms with E-state index in [0.29, 0.717) is 9.80 Å². The predicted molar refractivity (Wildman–Crippen MR) is 162 cm³/mol. The van der Waals surface area contributed by atoms with Gasteiger partial charge in [-0.2, -0.15) is 0 Å². The highest BCUT2D eigenvalue weighted by Gasteiger charge is 2.61. The largest absolute Gasteiger partial charge is 0.466 e. The minimum Gasteiger partial charge on any atom is -0.466 e. The number of benzene rings is 1. The second kappa shape index (κ2) is 16.6. The molecule has 1 aromatic rings. The van der Waals surface area contributed by atoms with Crippen LogP contribution in [0.2, 0.25) is 0 Å². The Bertz CT molecular complexity index is 1330. The number of carbonyl (C=O) groups excluding carboxylic acids is 7. The number of amides is 2. The topological polar surface area (TPSA) is 187 Å². The summed E-state index contributed by atoms with van der Waals surface area (Å²) in [6, 6.07) is 6.78. The Hall–Kier alpha value is -4.18. The Morgan fingerprint density at radius 2 is 1.51 bits per heavy atom. The van der Waals surface area contributed by atoms with Crippen molar-refractivity contribution in [3.8, 4) is 0 Å². The SMILES string of the molecule is COC(=O)[C@@]1(Sc2ccccc2)C[C@H](OC(C)=O)[C@@H](N(C(C)=O)C(=O)OC(C)(C)C)[C@H]([C@H](OC(C)=O)[C@@H](COC(C)=O)OC(C)=O)O1. The first kappa shape index (κ1) is 39.0. The zero-order valence-electron chi connectivity index (χ0n) is 27.8. The quantitative estimate of drug-likeness (QED) is 0.244. The third kappa shape index (κ3) is 11.2. The summed E-state index contributed by atoms with van der Waals surface area (Å²) in [5, 5.41) is 0. The molecule has 0 aromatic heterocycles. The predicted octanol–water partition coefficient (Wildman–Crippen LogP) is 2.95. The molecule has 1 heterocycles. The molecule has 16 heteroatoms. The van der Waals surface area contributed by atoms with E-state index >= 15 is 0 Å². The fourth-order valence-electron chi connectivity index (χ4n) is 4.83. The van der Waals surface area contributed by atoms with Crippen LogP contribution in [0, 0.1) is 0 Å². The second-order valence-corrected chi connectivity index (χ2v) is 12.8. The summed E-state index contributed by atoms with van der Waals surface area (Å²) in [5.41, 5.74) is -1.11. The Morgan fingerprint density at radius 3 is 1.98 bits per heavy atom. The van der Waals surface area contributed by atoms with Gasteiger partial charge in [-0.05, 0) is 32.9 Å². The second-order valence-electron chi connectivity index (χ2n) is 11.5. The van der Waals surface area contributed by atoms with E-state index in [2.05, 4.69) is 0 Å². The average molecular weight is 684 g/mol. The number of rotatable bonds is 11. The molecule has 0 aliphatic carbocycles. The highest BCUT2D eigenvalue weighted by Crippen LogP contribution is 2.47. The summed E-state index contributed by atoms with van der Waals surface area (Å²) in [5.74, 6) is -5.36. The maximum Gasteiger partial charge on any atom is 0.417 e. The van der Waals surface area contributed by atoms with Gasteiger partial charge in [0, 0.05) is 45.9 Å². The van der Waals surface area contributed by atoms with Crippen molar-refractivity contribution in [2.75, 3.05) is 13.7 Å². The van der Waals surface area contributed by atoms with E-state index in [1.54, 1.807) is 51.1 Å². The fraction of sp³-hybridized carbons (Fsp3) is 0.581. The average Bonchev–Trinajstić information content (AvgIpc) is 2.93. The van der Waals surface area contributed by atoms with Gasteiger partial charge < -0.3 is 33.2 Å². The van der Waals surface area contributed by atoms with Crippen LogP contribution >= 0.6 is 11.8 Å². The number of thioether (sulfide) groups is 1. The minimum absolute atomic E-state index is 0.485. The van der Waals surface area contributed by atoms with E-state index < -0.39 is 95.9 Å². The van der Waals surface area contributed by atoms with Crippen LogP contribution in [-0.4, -0.2) is 101 Å². The molecule has 47 heavy (non-hydrogen) atoms. The van der Waals surface area contributed by atoms with Crippen molar-refractivity contribution in [1.82, 2.24) is 4.90 Å². The number of ether oxygens (including phenoxy) is 7. The molecular weight excluding hydrogens is 642 g/mol. The molecule has 1 aliphatic heterocycles. The monoisotopic (exact) mass is 683 g/mol. The molecule has 0 radical (unpaired) electrons. The normalized spacial score (nSPS) is 22.0. The van der Waals surface area contributed by atoms with Crippen LogP contribution in [0.5, 0.6) is 0 Å². The van der Waals surface area contributed by atoms with Crippen molar-refractivity contribution < 1.29 is 66.7 Å². The molecule has 1 aromatic carbocycles. The lowest BCUT2D eigenvalue weighted by molar-refractivity contribution is -0.232. The molecule has 0 saturated carbocycles. The number of methoxy groups -OCH3 is 1. The van der Waals surface area contributed by atoms with Crippen molar-refractivity contribution in [1.29, 1.82) is 0 Å². The molecule has 1 fully saturated rings. The minimum atomic E-state index is -2.08. The van der Waals surface area contributed by atoms with Crippen molar-refractivity contribution in [3.05, 3.63) is 30.3 Å². The first-order valence-corrected chi connectivity index (χ1v) is 15.3. The molecule has 2 rings (SSSR count). The molecule has 1 aliphatic rings. The van der Waals surface area contributed by atoms with Gasteiger partial charge in [0.05, 0.1) is 7.11 Å². The van der Waals surface area contributed by atoms with E-state index in [9.17, 15) is 33.6 Å². The van der Waals surface area contributed by atoms with Gasteiger partial charge in [0.15, 0.2) is 12.2 Å². The number of nitrogens with zero attached hydrogens (tertiary/aromatic N) is 1. The molecular formula is C31H41NO14S. The maximum atomic E-state index is 13.7. The highest BCUT2D eigenvalue weighted by atomic mass is 32.2. The van der Waals surface area contributed by atoms with E-state index in [0.717, 1.165) is 53.5 Å². The van der Waals surface area contributed by atoms with Crippen molar-refractivity contribution in [3.63, 3.8) is 0 Å². The lowest BCUT2D eigenvalue weighted by Crippen LogP contribution is -2.69. The third-order valence-electron chi connectivity index (χ3n) is 6.34. The number of carbonyl (C=O) groups is 7. The Balaban J connectivity index is 2.99. The van der Waals surface area contributed by atoms with Crippen LogP contribution in [-0.2, 0) is 61.9 Å². The molecule has 0 unspecified atom stereocenters. The van der Waals surface area contributed by atoms with Gasteiger partial charge in [-0.25, -0.2) is 14.5 Å². The van der Waals surface area contributed by atoms with Crippen LogP contribution in [0.15, 0.2) is 35.2 Å². The molecule has 0 bridgehead atoms. The van der Waals surface area contributed by atoms with Gasteiger partial charge in [-0.3, -0.25) is 24.0 Å². The third-order valence-corrected chi connectivity index (χ3v) is 7.61. The molecule has 260 valence electrons. The van der Waals surface area contributed by atoms with Crippen LogP contribution in [0.25, 0.3) is 0 Å². The van der Waals surface area contributed by atoms with Crippen molar-refractivity contribution in [2.45, 2.75) is 108 Å². The molecule has 1 saturated heterocycles. The lowest BCUT2D eigenvalue weighted by atomic mass is 9.88. The highest BCUT2D eigenvalue weighted by molar-refractivity contribution is 8.01. The number of imide groups is 1. The van der Waals surface area contributed by atoms with E-state index in [1.807, 2.05) is 0 Å². The van der Waals surface area contributed by atoms with E-state index in [1.165, 1.54) is 0 Å². The van der Waals surface area contributed by atoms with Gasteiger partial charge in [0.25, 0.3) is 0 Å². The summed E-state index contributed by atoms with van der Waals surface area (Å²) in [7, 11) is 1.09. The van der Waals surface area contributed by atoms with Gasteiger partial charge in [0.1, 0.15) is 30.5 Å². The van der Waals surface area contributed by atoms with Gasteiger partial charge in [0.2, 0.25) is 10.8 Å². The van der Waals surface area contributed by atoms with Crippen molar-refractivity contribution >= 4 is 53.6 Å². The number of hydrogen-bond donors (Lipinski definition) is 0. The van der Waals surface area contributed by atoms with Crippen LogP contribution < -0.4 is 0 Å². The standard InChI is InChI=1S/C31H41NO14S/c1-17(33)32(29(39)46-30(6,7)8)25-23(42-19(3)35)15-31(28(38)40-9,47-22-13-11-10-12-14-22)45-27(25)26(44-21(5)37)24(43-20(4)36)16-41-18(2)34/h10-14,23-27H,15-16H2,1-9H3/t23-,24+,25+,26+,27+,31-/m0/s1. The van der Waals surface area contributed by atoms with E-state index in [-0.39, 0.29) is 0 Å². The molecule has 0 spiro atoms. The molecule has 6 atom stereocenters. The summed E-state index contributed by atoms with van der Waals surface area (Å²) in [4.78, 5) is 88.8. The Morgan fingerprint density at radius 1 is 0.915 bits per heavy atom. The first-order valence-electron chi connectivity index (χ1n) is 14.5. The summed E-state index contributed by atoms with van der Waals surface area (Å²) in [6.07, 6.45) is -8.40. The lowest BCUT2D eigenvalue weighted by Gasteiger charge is -2.50. The summed E-state index contributed by atoms with van der Waals surface area (Å²) < 4.78 is 38.9. The fourth-order valence-corrected chi connectivity index (χ4v) is 6.08. The number of esters is 5. The zero-order valence-corrected chi connectivity index (χ0v) is 28.6. The van der Waals surface area contributed by atoms with Crippen LogP contribution in [0.3, 0.4) is 0 Å². The van der Waals surface area contributed by atoms with Crippen LogP contribution in [0.4, 0.5) is 4.79 Å². The molecule has 0 N–H and O–H groups in total. The van der Waals surface area contributed by atoms with Gasteiger partial charge in [-0.1, -0.05) is 30.0 Å². The summed E-state index contributed by atoms with van der Waals surface area (Å²) in [6.45, 7) is 9.24. The summed E-state index contributed by atoms with van der Waals surface area (Å²) >= 11 is 0.859. The maximum absolute atomic E-state index is 13.7. The first-order chi connectivity index (χ1) is 21.8. The molecule has 15 nitrogen and oxygen atoms in total. The molecule has 2 amide bonds. The van der Waals surface area contributed by atoms with E-state index in [4.69, 9.17) is 33.2 Å². The van der Waals surface area contributed by atoms with Gasteiger partial charge in [-0.15, -0.1) is 0 Å². The number of hydrogen-bond acceptors (Lipinski definition) is 15. The van der Waals surface area contributed by atoms with Gasteiger partial charge >= 0.3 is 35.9 Å².